The van der Waals surface area contributed by atoms with Crippen LogP contribution in [0.1, 0.15) is 46.5 Å². The summed E-state index contributed by atoms with van der Waals surface area (Å²) in [6, 6.07) is 2.25. The van der Waals surface area contributed by atoms with Crippen molar-refractivity contribution in [3.8, 4) is 0 Å². The van der Waals surface area contributed by atoms with Gasteiger partial charge in [0.2, 0.25) is 0 Å². The van der Waals surface area contributed by atoms with E-state index in [-0.39, 0.29) is 0 Å². The van der Waals surface area contributed by atoms with Crippen molar-refractivity contribution in [3.63, 3.8) is 0 Å². The van der Waals surface area contributed by atoms with Gasteiger partial charge in [-0.1, -0.05) is 13.3 Å². The molecule has 2 nitrogen and oxygen atoms in total. The van der Waals surface area contributed by atoms with Crippen LogP contribution in [0.25, 0.3) is 0 Å². The predicted molar refractivity (Wildman–Crippen MR) is 77.8 cm³/mol. The average molecular weight is 256 g/mol. The van der Waals surface area contributed by atoms with Gasteiger partial charge in [0.25, 0.3) is 0 Å². The van der Waals surface area contributed by atoms with Crippen LogP contribution in [0, 0.1) is 0 Å². The van der Waals surface area contributed by atoms with Crippen LogP contribution >= 0.6 is 11.8 Å². The van der Waals surface area contributed by atoms with E-state index in [0.717, 1.165) is 17.3 Å². The SMILES string of the molecule is CC1CC(N(CC2CCCCN2)C(C)C)CS1. The number of nitrogens with zero attached hydrogens (tertiary/aromatic N) is 1. The summed E-state index contributed by atoms with van der Waals surface area (Å²) in [6.07, 6.45) is 5.54. The molecule has 1 N–H and O–H groups in total. The van der Waals surface area contributed by atoms with E-state index < -0.39 is 0 Å². The Hall–Kier alpha value is 0.270. The zero-order valence-electron chi connectivity index (χ0n) is 11.6. The summed E-state index contributed by atoms with van der Waals surface area (Å²) >= 11 is 2.15. The highest BCUT2D eigenvalue weighted by atomic mass is 32.2. The normalized spacial score (nSPS) is 34.8. The van der Waals surface area contributed by atoms with E-state index in [1.54, 1.807) is 0 Å². The molecule has 3 atom stereocenters. The lowest BCUT2D eigenvalue weighted by molar-refractivity contribution is 0.138. The maximum Gasteiger partial charge on any atom is 0.0200 e. The van der Waals surface area contributed by atoms with E-state index in [9.17, 15) is 0 Å². The number of thioether (sulfide) groups is 1. The minimum Gasteiger partial charge on any atom is -0.313 e. The Balaban J connectivity index is 1.87. The lowest BCUT2D eigenvalue weighted by Crippen LogP contribution is -2.50. The minimum atomic E-state index is 0.689. The van der Waals surface area contributed by atoms with Crippen LogP contribution < -0.4 is 5.32 Å². The zero-order valence-corrected chi connectivity index (χ0v) is 12.4. The minimum absolute atomic E-state index is 0.689. The third kappa shape index (κ3) is 3.87. The number of hydrogen-bond acceptors (Lipinski definition) is 3. The molecule has 3 unspecified atom stereocenters. The molecule has 100 valence electrons. The highest BCUT2D eigenvalue weighted by Crippen LogP contribution is 2.30. The zero-order chi connectivity index (χ0) is 12.3. The Kier molecular flexibility index (Phi) is 5.19. The van der Waals surface area contributed by atoms with Crippen molar-refractivity contribution in [3.05, 3.63) is 0 Å². The smallest absolute Gasteiger partial charge is 0.0200 e. The summed E-state index contributed by atoms with van der Waals surface area (Å²) in [6.45, 7) is 9.58. The van der Waals surface area contributed by atoms with Gasteiger partial charge in [0.1, 0.15) is 0 Å². The van der Waals surface area contributed by atoms with E-state index in [4.69, 9.17) is 0 Å². The maximum absolute atomic E-state index is 3.69. The fourth-order valence-corrected chi connectivity index (χ4v) is 4.38. The first-order chi connectivity index (χ1) is 8.16. The standard InChI is InChI=1S/C14H28N2S/c1-11(2)16(14-8-12(3)17-10-14)9-13-6-4-5-7-15-13/h11-15H,4-10H2,1-3H3. The molecule has 0 aliphatic carbocycles. The molecule has 2 aliphatic heterocycles. The molecule has 2 heterocycles. The van der Waals surface area contributed by atoms with Gasteiger partial charge in [-0.05, 0) is 39.7 Å². The second-order valence-corrected chi connectivity index (χ2v) is 7.44. The molecule has 0 spiro atoms. The summed E-state index contributed by atoms with van der Waals surface area (Å²) in [7, 11) is 0. The number of rotatable bonds is 4. The first kappa shape index (κ1) is 13.7. The first-order valence-electron chi connectivity index (χ1n) is 7.27. The van der Waals surface area contributed by atoms with E-state index in [1.807, 2.05) is 0 Å². The summed E-state index contributed by atoms with van der Waals surface area (Å²) in [5, 5.41) is 4.55. The summed E-state index contributed by atoms with van der Waals surface area (Å²) in [5.74, 6) is 1.34. The second kappa shape index (κ2) is 6.44. The molecule has 0 bridgehead atoms. The van der Waals surface area contributed by atoms with Crippen molar-refractivity contribution < 1.29 is 0 Å². The molecule has 0 aromatic carbocycles. The Morgan fingerprint density at radius 1 is 1.35 bits per heavy atom. The van der Waals surface area contributed by atoms with Crippen molar-refractivity contribution in [1.82, 2.24) is 10.2 Å². The highest BCUT2D eigenvalue weighted by molar-refractivity contribution is 8.00. The van der Waals surface area contributed by atoms with Crippen LogP contribution in [0.4, 0.5) is 0 Å². The Morgan fingerprint density at radius 3 is 2.71 bits per heavy atom. The van der Waals surface area contributed by atoms with E-state index in [2.05, 4.69) is 42.7 Å². The summed E-state index contributed by atoms with van der Waals surface area (Å²) < 4.78 is 0. The quantitative estimate of drug-likeness (QED) is 0.832. The van der Waals surface area contributed by atoms with Gasteiger partial charge in [-0.2, -0.15) is 11.8 Å². The Morgan fingerprint density at radius 2 is 2.18 bits per heavy atom. The van der Waals surface area contributed by atoms with Gasteiger partial charge >= 0.3 is 0 Å². The monoisotopic (exact) mass is 256 g/mol. The van der Waals surface area contributed by atoms with Crippen molar-refractivity contribution >= 4 is 11.8 Å². The van der Waals surface area contributed by atoms with Crippen LogP contribution in [0.5, 0.6) is 0 Å². The Bertz CT molecular complexity index is 226. The van der Waals surface area contributed by atoms with E-state index >= 15 is 0 Å². The molecule has 17 heavy (non-hydrogen) atoms. The first-order valence-corrected chi connectivity index (χ1v) is 8.32. The molecule has 2 fully saturated rings. The number of piperidine rings is 1. The molecular weight excluding hydrogens is 228 g/mol. The molecule has 2 saturated heterocycles. The van der Waals surface area contributed by atoms with Gasteiger partial charge in [-0.15, -0.1) is 0 Å². The highest BCUT2D eigenvalue weighted by Gasteiger charge is 2.30. The summed E-state index contributed by atoms with van der Waals surface area (Å²) in [5.41, 5.74) is 0. The van der Waals surface area contributed by atoms with Crippen LogP contribution in [-0.2, 0) is 0 Å². The fraction of sp³-hybridized carbons (Fsp3) is 1.00. The van der Waals surface area contributed by atoms with Gasteiger partial charge in [0, 0.05) is 35.7 Å². The van der Waals surface area contributed by atoms with E-state index in [0.29, 0.717) is 6.04 Å². The topological polar surface area (TPSA) is 15.3 Å². The summed E-state index contributed by atoms with van der Waals surface area (Å²) in [4.78, 5) is 2.75. The van der Waals surface area contributed by atoms with Crippen LogP contribution in [0.2, 0.25) is 0 Å². The van der Waals surface area contributed by atoms with Crippen molar-refractivity contribution in [2.24, 2.45) is 0 Å². The maximum atomic E-state index is 3.69. The van der Waals surface area contributed by atoms with Crippen LogP contribution in [-0.4, -0.2) is 47.1 Å². The largest absolute Gasteiger partial charge is 0.313 e. The number of hydrogen-bond donors (Lipinski definition) is 1. The van der Waals surface area contributed by atoms with Crippen LogP contribution in [0.3, 0.4) is 0 Å². The van der Waals surface area contributed by atoms with Gasteiger partial charge in [0.15, 0.2) is 0 Å². The molecule has 0 amide bonds. The van der Waals surface area contributed by atoms with Crippen molar-refractivity contribution in [2.45, 2.75) is 69.8 Å². The van der Waals surface area contributed by atoms with Gasteiger partial charge in [-0.25, -0.2) is 0 Å². The molecule has 0 radical (unpaired) electrons. The third-order valence-electron chi connectivity index (χ3n) is 4.15. The van der Waals surface area contributed by atoms with Gasteiger partial charge in [-0.3, -0.25) is 4.90 Å². The lowest BCUT2D eigenvalue weighted by Gasteiger charge is -2.37. The van der Waals surface area contributed by atoms with E-state index in [1.165, 1.54) is 44.5 Å². The predicted octanol–water partition coefficient (Wildman–Crippen LogP) is 2.73. The molecule has 0 saturated carbocycles. The average Bonchev–Trinajstić information content (AvgIpc) is 2.73. The molecular formula is C14H28N2S. The van der Waals surface area contributed by atoms with Crippen LogP contribution in [0.15, 0.2) is 0 Å². The second-order valence-electron chi connectivity index (χ2n) is 5.97. The molecule has 0 aromatic heterocycles. The fourth-order valence-electron chi connectivity index (χ4n) is 3.14. The van der Waals surface area contributed by atoms with Crippen molar-refractivity contribution in [2.75, 3.05) is 18.8 Å². The third-order valence-corrected chi connectivity index (χ3v) is 5.49. The molecule has 3 heteroatoms. The Labute approximate surface area is 111 Å². The number of nitrogens with one attached hydrogen (secondary N) is 1. The van der Waals surface area contributed by atoms with Gasteiger partial charge in [0.05, 0.1) is 0 Å². The molecule has 2 aliphatic rings. The molecule has 0 aromatic rings. The lowest BCUT2D eigenvalue weighted by atomic mass is 10.0. The molecule has 2 rings (SSSR count). The van der Waals surface area contributed by atoms with Crippen molar-refractivity contribution in [1.29, 1.82) is 0 Å². The van der Waals surface area contributed by atoms with Gasteiger partial charge < -0.3 is 5.32 Å².